The molecule has 1 rings (SSSR count). The monoisotopic (exact) mass is 213 g/mol. The number of nitrogens with two attached hydrogens (primary N) is 1. The molecule has 2 amide bonds. The fourth-order valence-electron chi connectivity index (χ4n) is 1.58. The van der Waals surface area contributed by atoms with Gasteiger partial charge in [0.2, 0.25) is 11.8 Å². The maximum absolute atomic E-state index is 11.6. The number of carbonyl (C=O) groups is 2. The first-order valence-corrected chi connectivity index (χ1v) is 5.48. The van der Waals surface area contributed by atoms with E-state index < -0.39 is 0 Å². The third-order valence-corrected chi connectivity index (χ3v) is 2.57. The molecule has 1 unspecified atom stereocenters. The quantitative estimate of drug-likeness (QED) is 0.531. The molecular formula is C10H19N3O2. The lowest BCUT2D eigenvalue weighted by molar-refractivity contribution is -0.128. The summed E-state index contributed by atoms with van der Waals surface area (Å²) in [5.74, 6) is 0.0368. The van der Waals surface area contributed by atoms with Gasteiger partial charge in [0.05, 0.1) is 5.92 Å². The van der Waals surface area contributed by atoms with Crippen LogP contribution in [0.25, 0.3) is 0 Å². The minimum absolute atomic E-state index is 0.0437. The Bertz CT molecular complexity index is 221. The number of hydrogen-bond donors (Lipinski definition) is 3. The summed E-state index contributed by atoms with van der Waals surface area (Å²) in [6, 6.07) is 0. The first kappa shape index (κ1) is 12.0. The average Bonchev–Trinajstić information content (AvgIpc) is 2.25. The van der Waals surface area contributed by atoms with E-state index >= 15 is 0 Å². The first-order valence-electron chi connectivity index (χ1n) is 5.48. The molecule has 0 radical (unpaired) electrons. The number of hydrogen-bond acceptors (Lipinski definition) is 3. The Morgan fingerprint density at radius 3 is 2.93 bits per heavy atom. The molecule has 1 atom stereocenters. The lowest BCUT2D eigenvalue weighted by Gasteiger charge is -2.21. The maximum Gasteiger partial charge on any atom is 0.224 e. The van der Waals surface area contributed by atoms with Crippen LogP contribution >= 0.6 is 0 Å². The van der Waals surface area contributed by atoms with Crippen LogP contribution in [0.3, 0.4) is 0 Å². The van der Waals surface area contributed by atoms with Crippen molar-refractivity contribution in [1.29, 1.82) is 0 Å². The van der Waals surface area contributed by atoms with Crippen LogP contribution in [0.5, 0.6) is 0 Å². The van der Waals surface area contributed by atoms with E-state index in [2.05, 4.69) is 10.6 Å². The molecule has 1 aliphatic heterocycles. The summed E-state index contributed by atoms with van der Waals surface area (Å²) in [5, 5.41) is 5.55. The molecule has 0 saturated carbocycles. The summed E-state index contributed by atoms with van der Waals surface area (Å²) in [7, 11) is 0. The molecule has 1 heterocycles. The van der Waals surface area contributed by atoms with E-state index in [-0.39, 0.29) is 17.7 Å². The topological polar surface area (TPSA) is 84.2 Å². The van der Waals surface area contributed by atoms with Crippen LogP contribution in [-0.2, 0) is 9.59 Å². The second-order valence-corrected chi connectivity index (χ2v) is 3.83. The van der Waals surface area contributed by atoms with E-state index in [0.717, 1.165) is 12.8 Å². The normalized spacial score (nSPS) is 20.9. The summed E-state index contributed by atoms with van der Waals surface area (Å²) < 4.78 is 0. The summed E-state index contributed by atoms with van der Waals surface area (Å²) >= 11 is 0. The van der Waals surface area contributed by atoms with E-state index in [0.29, 0.717) is 32.5 Å². The van der Waals surface area contributed by atoms with E-state index in [1.165, 1.54) is 0 Å². The molecule has 0 bridgehead atoms. The van der Waals surface area contributed by atoms with Crippen LogP contribution in [0, 0.1) is 5.92 Å². The van der Waals surface area contributed by atoms with Crippen molar-refractivity contribution in [3.8, 4) is 0 Å². The lowest BCUT2D eigenvalue weighted by atomic mass is 9.98. The Hall–Kier alpha value is -1.10. The van der Waals surface area contributed by atoms with Crippen molar-refractivity contribution in [1.82, 2.24) is 10.6 Å². The first-order chi connectivity index (χ1) is 7.24. The molecule has 0 aliphatic carbocycles. The Balaban J connectivity index is 2.14. The van der Waals surface area contributed by atoms with Gasteiger partial charge in [-0.3, -0.25) is 9.59 Å². The van der Waals surface area contributed by atoms with Gasteiger partial charge in [0.25, 0.3) is 0 Å². The summed E-state index contributed by atoms with van der Waals surface area (Å²) in [6.07, 6.45) is 2.97. The van der Waals surface area contributed by atoms with E-state index in [1.54, 1.807) is 0 Å². The zero-order chi connectivity index (χ0) is 11.1. The van der Waals surface area contributed by atoms with Gasteiger partial charge in [-0.25, -0.2) is 0 Å². The minimum Gasteiger partial charge on any atom is -0.356 e. The number of carbonyl (C=O) groups excluding carboxylic acids is 2. The average molecular weight is 213 g/mol. The molecular weight excluding hydrogens is 194 g/mol. The number of amides is 2. The summed E-state index contributed by atoms with van der Waals surface area (Å²) in [4.78, 5) is 22.4. The molecule has 1 aliphatic rings. The Morgan fingerprint density at radius 2 is 2.33 bits per heavy atom. The van der Waals surface area contributed by atoms with Crippen molar-refractivity contribution in [2.24, 2.45) is 11.7 Å². The number of rotatable bonds is 5. The highest BCUT2D eigenvalue weighted by Crippen LogP contribution is 2.10. The van der Waals surface area contributed by atoms with Crippen LogP contribution in [0.2, 0.25) is 0 Å². The van der Waals surface area contributed by atoms with Crippen molar-refractivity contribution < 1.29 is 9.59 Å². The molecule has 1 fully saturated rings. The van der Waals surface area contributed by atoms with Gasteiger partial charge >= 0.3 is 0 Å². The van der Waals surface area contributed by atoms with Crippen LogP contribution in [0.1, 0.15) is 25.7 Å². The zero-order valence-electron chi connectivity index (χ0n) is 8.92. The van der Waals surface area contributed by atoms with Gasteiger partial charge in [-0.2, -0.15) is 0 Å². The van der Waals surface area contributed by atoms with Crippen LogP contribution in [0.15, 0.2) is 0 Å². The summed E-state index contributed by atoms with van der Waals surface area (Å²) in [6.45, 7) is 1.82. The van der Waals surface area contributed by atoms with Crippen molar-refractivity contribution in [3.63, 3.8) is 0 Å². The van der Waals surface area contributed by atoms with Gasteiger partial charge < -0.3 is 16.4 Å². The molecule has 4 N–H and O–H groups in total. The highest BCUT2D eigenvalue weighted by atomic mass is 16.2. The number of unbranched alkanes of at least 4 members (excludes halogenated alkanes) is 1. The zero-order valence-corrected chi connectivity index (χ0v) is 8.92. The van der Waals surface area contributed by atoms with E-state index in [1.807, 2.05) is 0 Å². The van der Waals surface area contributed by atoms with Gasteiger partial charge in [-0.1, -0.05) is 0 Å². The minimum atomic E-state index is -0.0550. The van der Waals surface area contributed by atoms with E-state index in [4.69, 9.17) is 5.73 Å². The number of piperidine rings is 1. The van der Waals surface area contributed by atoms with Gasteiger partial charge in [-0.15, -0.1) is 0 Å². The molecule has 5 heteroatoms. The molecule has 0 aromatic heterocycles. The fraction of sp³-hybridized carbons (Fsp3) is 0.800. The Kier molecular flexibility index (Phi) is 5.10. The lowest BCUT2D eigenvalue weighted by Crippen LogP contribution is -2.43. The molecule has 0 aromatic rings. The Morgan fingerprint density at radius 1 is 1.53 bits per heavy atom. The third-order valence-electron chi connectivity index (χ3n) is 2.57. The van der Waals surface area contributed by atoms with Crippen molar-refractivity contribution in [3.05, 3.63) is 0 Å². The van der Waals surface area contributed by atoms with Crippen LogP contribution in [0.4, 0.5) is 0 Å². The highest BCUT2D eigenvalue weighted by Gasteiger charge is 2.23. The van der Waals surface area contributed by atoms with Gasteiger partial charge in [0, 0.05) is 19.5 Å². The molecule has 1 saturated heterocycles. The Labute approximate surface area is 89.8 Å². The largest absolute Gasteiger partial charge is 0.356 e. The predicted octanol–water partition coefficient (Wildman–Crippen LogP) is -0.632. The van der Waals surface area contributed by atoms with E-state index in [9.17, 15) is 9.59 Å². The highest BCUT2D eigenvalue weighted by molar-refractivity contribution is 5.83. The van der Waals surface area contributed by atoms with Crippen LogP contribution in [-0.4, -0.2) is 31.4 Å². The fourth-order valence-corrected chi connectivity index (χ4v) is 1.58. The SMILES string of the molecule is NCCCCNC(=O)C1CCC(=O)NC1. The molecule has 5 nitrogen and oxygen atoms in total. The van der Waals surface area contributed by atoms with Gasteiger partial charge in [0.15, 0.2) is 0 Å². The molecule has 0 aromatic carbocycles. The van der Waals surface area contributed by atoms with Crippen LogP contribution < -0.4 is 16.4 Å². The van der Waals surface area contributed by atoms with Crippen molar-refractivity contribution in [2.45, 2.75) is 25.7 Å². The molecule has 0 spiro atoms. The van der Waals surface area contributed by atoms with Crippen molar-refractivity contribution >= 4 is 11.8 Å². The molecule has 86 valence electrons. The van der Waals surface area contributed by atoms with Crippen molar-refractivity contribution in [2.75, 3.05) is 19.6 Å². The second kappa shape index (κ2) is 6.40. The maximum atomic E-state index is 11.6. The standard InChI is InChI=1S/C10H19N3O2/c11-5-1-2-6-12-10(15)8-3-4-9(14)13-7-8/h8H,1-7,11H2,(H,12,15)(H,13,14). The smallest absolute Gasteiger partial charge is 0.224 e. The third kappa shape index (κ3) is 4.29. The second-order valence-electron chi connectivity index (χ2n) is 3.83. The van der Waals surface area contributed by atoms with Gasteiger partial charge in [-0.05, 0) is 25.8 Å². The molecule has 15 heavy (non-hydrogen) atoms. The number of nitrogens with one attached hydrogen (secondary N) is 2. The summed E-state index contributed by atoms with van der Waals surface area (Å²) in [5.41, 5.74) is 5.34. The predicted molar refractivity (Wildman–Crippen MR) is 57.0 cm³/mol. The van der Waals surface area contributed by atoms with Gasteiger partial charge in [0.1, 0.15) is 0 Å².